The number of hydrogen-bond donors (Lipinski definition) is 1. The van der Waals surface area contributed by atoms with Crippen LogP contribution in [0.15, 0.2) is 23.6 Å². The van der Waals surface area contributed by atoms with Crippen molar-refractivity contribution in [2.24, 2.45) is 0 Å². The number of nitrogens with one attached hydrogen (secondary N) is 1. The van der Waals surface area contributed by atoms with Crippen molar-refractivity contribution in [2.75, 3.05) is 12.9 Å². The van der Waals surface area contributed by atoms with Gasteiger partial charge >= 0.3 is 5.97 Å². The first-order valence-corrected chi connectivity index (χ1v) is 8.38. The molecule has 21 heavy (non-hydrogen) atoms. The van der Waals surface area contributed by atoms with E-state index in [4.69, 9.17) is 4.74 Å². The molecule has 1 aromatic heterocycles. The van der Waals surface area contributed by atoms with Crippen molar-refractivity contribution in [1.82, 2.24) is 15.3 Å². The van der Waals surface area contributed by atoms with Gasteiger partial charge in [0.25, 0.3) is 0 Å². The first-order chi connectivity index (χ1) is 10.1. The van der Waals surface area contributed by atoms with E-state index in [-0.39, 0.29) is 5.97 Å². The Kier molecular flexibility index (Phi) is 5.99. The molecule has 2 rings (SSSR count). The van der Waals surface area contributed by atoms with Crippen molar-refractivity contribution in [3.05, 3.63) is 18.5 Å². The third-order valence-corrected chi connectivity index (χ3v) is 4.54. The summed E-state index contributed by atoms with van der Waals surface area (Å²) in [5.74, 6) is 0.804. The number of ether oxygens (including phenoxy) is 1. The maximum absolute atomic E-state index is 12.0. The second-order valence-electron chi connectivity index (χ2n) is 5.58. The summed E-state index contributed by atoms with van der Waals surface area (Å²) < 4.78 is 4.94. The van der Waals surface area contributed by atoms with Crippen molar-refractivity contribution < 1.29 is 9.53 Å². The molecule has 1 atom stereocenters. The Labute approximate surface area is 130 Å². The van der Waals surface area contributed by atoms with Crippen LogP contribution in [-0.4, -0.2) is 40.4 Å². The quantitative estimate of drug-likeness (QED) is 0.327. The molecule has 1 fully saturated rings. The summed E-state index contributed by atoms with van der Waals surface area (Å²) in [6, 6.07) is 2.30. The predicted molar refractivity (Wildman–Crippen MR) is 83.2 cm³/mol. The zero-order valence-electron chi connectivity index (χ0n) is 12.7. The topological polar surface area (TPSA) is 64.1 Å². The Hall–Kier alpha value is -1.14. The second kappa shape index (κ2) is 7.75. The lowest BCUT2D eigenvalue weighted by molar-refractivity contribution is -0.148. The molecule has 0 amide bonds. The average Bonchev–Trinajstić information content (AvgIpc) is 3.31. The van der Waals surface area contributed by atoms with E-state index < -0.39 is 5.54 Å². The Morgan fingerprint density at radius 1 is 1.43 bits per heavy atom. The second-order valence-corrected chi connectivity index (χ2v) is 6.64. The minimum absolute atomic E-state index is 0.159. The van der Waals surface area contributed by atoms with E-state index in [1.807, 2.05) is 13.0 Å². The maximum atomic E-state index is 12.0. The molecule has 6 heteroatoms. The highest BCUT2D eigenvalue weighted by atomic mass is 32.2. The van der Waals surface area contributed by atoms with Crippen LogP contribution in [0.3, 0.4) is 0 Å². The zero-order valence-corrected chi connectivity index (χ0v) is 13.5. The van der Waals surface area contributed by atoms with Gasteiger partial charge in [0, 0.05) is 24.2 Å². The van der Waals surface area contributed by atoms with Gasteiger partial charge in [-0.1, -0.05) is 18.2 Å². The van der Waals surface area contributed by atoms with E-state index >= 15 is 0 Å². The van der Waals surface area contributed by atoms with Crippen LogP contribution >= 0.6 is 11.8 Å². The largest absolute Gasteiger partial charge is 0.468 e. The minimum Gasteiger partial charge on any atom is -0.468 e. The van der Waals surface area contributed by atoms with Gasteiger partial charge in [-0.05, 0) is 38.7 Å². The van der Waals surface area contributed by atoms with E-state index in [1.165, 1.54) is 7.11 Å². The van der Waals surface area contributed by atoms with Gasteiger partial charge in [-0.25, -0.2) is 9.97 Å². The third-order valence-electron chi connectivity index (χ3n) is 3.58. The molecular formula is C15H23N3O2S. The Morgan fingerprint density at radius 3 is 2.76 bits per heavy atom. The van der Waals surface area contributed by atoms with Gasteiger partial charge in [0.2, 0.25) is 0 Å². The number of carbonyl (C=O) groups is 1. The number of rotatable bonds is 9. The highest BCUT2D eigenvalue weighted by molar-refractivity contribution is 7.99. The van der Waals surface area contributed by atoms with Gasteiger partial charge in [0.1, 0.15) is 5.54 Å². The molecule has 1 aliphatic carbocycles. The lowest BCUT2D eigenvalue weighted by Gasteiger charge is -2.28. The molecule has 0 spiro atoms. The normalized spacial score (nSPS) is 17.2. The van der Waals surface area contributed by atoms with Gasteiger partial charge in [-0.15, -0.1) is 0 Å². The third kappa shape index (κ3) is 5.28. The summed E-state index contributed by atoms with van der Waals surface area (Å²) in [7, 11) is 1.46. The summed E-state index contributed by atoms with van der Waals surface area (Å²) in [6.07, 6.45) is 8.63. The number of methoxy groups -OCH3 is 1. The molecule has 0 bridgehead atoms. The lowest BCUT2D eigenvalue weighted by Crippen LogP contribution is -2.51. The fourth-order valence-corrected chi connectivity index (χ4v) is 3.04. The molecule has 1 N–H and O–H groups in total. The first kappa shape index (κ1) is 16.2. The van der Waals surface area contributed by atoms with E-state index in [2.05, 4.69) is 15.3 Å². The fraction of sp³-hybridized carbons (Fsp3) is 0.667. The molecule has 0 radical (unpaired) electrons. The Balaban J connectivity index is 1.70. The van der Waals surface area contributed by atoms with Gasteiger partial charge in [-0.3, -0.25) is 10.1 Å². The van der Waals surface area contributed by atoms with Crippen molar-refractivity contribution in [2.45, 2.75) is 55.8 Å². The smallest absolute Gasteiger partial charge is 0.325 e. The van der Waals surface area contributed by atoms with Crippen LogP contribution in [-0.2, 0) is 9.53 Å². The van der Waals surface area contributed by atoms with Crippen molar-refractivity contribution in [3.8, 4) is 0 Å². The summed E-state index contributed by atoms with van der Waals surface area (Å²) in [5.41, 5.74) is -0.552. The zero-order chi connectivity index (χ0) is 15.1. The van der Waals surface area contributed by atoms with Crippen molar-refractivity contribution in [1.29, 1.82) is 0 Å². The number of hydrogen-bond acceptors (Lipinski definition) is 6. The predicted octanol–water partition coefficient (Wildman–Crippen LogP) is 2.42. The minimum atomic E-state index is -0.552. The number of aromatic nitrogens is 2. The Bertz CT molecular complexity index is 453. The maximum Gasteiger partial charge on any atom is 0.325 e. The molecule has 1 aromatic rings. The molecule has 0 aliphatic heterocycles. The van der Waals surface area contributed by atoms with Crippen LogP contribution in [0.25, 0.3) is 0 Å². The van der Waals surface area contributed by atoms with Gasteiger partial charge in [0.05, 0.1) is 7.11 Å². The van der Waals surface area contributed by atoms with Gasteiger partial charge in [0.15, 0.2) is 5.16 Å². The summed E-state index contributed by atoms with van der Waals surface area (Å²) in [5, 5.41) is 4.23. The van der Waals surface area contributed by atoms with Crippen molar-refractivity contribution >= 4 is 17.7 Å². The molecule has 0 saturated heterocycles. The SMILES string of the molecule is COC(=O)C(C)(CCCCSc1ncccn1)NC1CC1. The molecule has 1 aliphatic rings. The number of unbranched alkanes of at least 4 members (excludes halogenated alkanes) is 1. The van der Waals surface area contributed by atoms with Crippen LogP contribution < -0.4 is 5.32 Å². The van der Waals surface area contributed by atoms with E-state index in [0.717, 1.165) is 43.0 Å². The van der Waals surface area contributed by atoms with Crippen LogP contribution in [0, 0.1) is 0 Å². The lowest BCUT2D eigenvalue weighted by atomic mass is 9.95. The van der Waals surface area contributed by atoms with Crippen molar-refractivity contribution in [3.63, 3.8) is 0 Å². The highest BCUT2D eigenvalue weighted by Gasteiger charge is 2.38. The molecule has 1 saturated carbocycles. The molecule has 5 nitrogen and oxygen atoms in total. The van der Waals surface area contributed by atoms with Crippen LogP contribution in [0.4, 0.5) is 0 Å². The summed E-state index contributed by atoms with van der Waals surface area (Å²) in [6.45, 7) is 1.95. The molecule has 0 aromatic carbocycles. The monoisotopic (exact) mass is 309 g/mol. The number of nitrogens with zero attached hydrogens (tertiary/aromatic N) is 2. The first-order valence-electron chi connectivity index (χ1n) is 7.40. The van der Waals surface area contributed by atoms with Crippen LogP contribution in [0.2, 0.25) is 0 Å². The number of thioether (sulfide) groups is 1. The van der Waals surface area contributed by atoms with E-state index in [9.17, 15) is 4.79 Å². The van der Waals surface area contributed by atoms with Crippen LogP contribution in [0.5, 0.6) is 0 Å². The number of esters is 1. The summed E-state index contributed by atoms with van der Waals surface area (Å²) in [4.78, 5) is 20.3. The van der Waals surface area contributed by atoms with E-state index in [0.29, 0.717) is 6.04 Å². The van der Waals surface area contributed by atoms with E-state index in [1.54, 1.807) is 24.2 Å². The Morgan fingerprint density at radius 2 is 2.14 bits per heavy atom. The standard InChI is InChI=1S/C15H23N3O2S/c1-15(13(19)20-2,18-12-6-7-12)8-3-4-11-21-14-16-9-5-10-17-14/h5,9-10,12,18H,3-4,6-8,11H2,1-2H3. The molecular weight excluding hydrogens is 286 g/mol. The van der Waals surface area contributed by atoms with Gasteiger partial charge < -0.3 is 4.74 Å². The molecule has 116 valence electrons. The molecule has 1 heterocycles. The van der Waals surface area contributed by atoms with Crippen LogP contribution in [0.1, 0.15) is 39.0 Å². The average molecular weight is 309 g/mol. The molecule has 1 unspecified atom stereocenters. The van der Waals surface area contributed by atoms with Gasteiger partial charge in [-0.2, -0.15) is 0 Å². The fourth-order valence-electron chi connectivity index (χ4n) is 2.24. The number of carbonyl (C=O) groups excluding carboxylic acids is 1. The highest BCUT2D eigenvalue weighted by Crippen LogP contribution is 2.26. The summed E-state index contributed by atoms with van der Waals surface area (Å²) >= 11 is 1.65.